The predicted octanol–water partition coefficient (Wildman–Crippen LogP) is 0.776. The minimum Gasteiger partial charge on any atom is -0.299 e. The monoisotopic (exact) mass is 150 g/mol. The van der Waals surface area contributed by atoms with Gasteiger partial charge in [-0.05, 0) is 13.3 Å². The molecule has 1 aliphatic carbocycles. The Morgan fingerprint density at radius 2 is 2.27 bits per heavy atom. The van der Waals surface area contributed by atoms with Crippen LogP contribution in [0, 0.1) is 6.92 Å². The molecule has 1 aliphatic rings. The number of Topliss-reactive ketones (excluding diaryl/α,β-unsaturated/α-hetero) is 1. The lowest BCUT2D eigenvalue weighted by atomic mass is 9.95. The summed E-state index contributed by atoms with van der Waals surface area (Å²) in [6.45, 7) is 1.96. The predicted molar refractivity (Wildman–Crippen MR) is 40.4 cm³/mol. The summed E-state index contributed by atoms with van der Waals surface area (Å²) < 4.78 is 0. The van der Waals surface area contributed by atoms with Crippen molar-refractivity contribution in [2.45, 2.75) is 26.2 Å². The largest absolute Gasteiger partial charge is 0.299 e. The van der Waals surface area contributed by atoms with Gasteiger partial charge in [0.25, 0.3) is 0 Å². The Labute approximate surface area is 64.8 Å². The molecule has 58 valence electrons. The van der Waals surface area contributed by atoms with E-state index in [0.717, 1.165) is 23.4 Å². The maximum Gasteiger partial charge on any atom is 0.137 e. The zero-order valence-corrected chi connectivity index (χ0v) is 6.48. The summed E-state index contributed by atoms with van der Waals surface area (Å²) in [7, 11) is 0. The van der Waals surface area contributed by atoms with Crippen molar-refractivity contribution in [3.8, 4) is 0 Å². The quantitative estimate of drug-likeness (QED) is 0.594. The van der Waals surface area contributed by atoms with E-state index in [1.54, 1.807) is 0 Å². The molecule has 0 unspecified atom stereocenters. The van der Waals surface area contributed by atoms with Crippen LogP contribution in [0.3, 0.4) is 0 Å². The summed E-state index contributed by atoms with van der Waals surface area (Å²) >= 11 is 0. The van der Waals surface area contributed by atoms with Crippen molar-refractivity contribution in [2.24, 2.45) is 0 Å². The average molecular weight is 150 g/mol. The third kappa shape index (κ3) is 0.964. The van der Waals surface area contributed by atoms with E-state index in [1.165, 1.54) is 0 Å². The highest BCUT2D eigenvalue weighted by Gasteiger charge is 2.19. The lowest BCUT2D eigenvalue weighted by Crippen LogP contribution is -2.12. The molecular weight excluding hydrogens is 140 g/mol. The molecule has 0 aliphatic heterocycles. The second-order valence-electron chi connectivity index (χ2n) is 2.99. The first kappa shape index (κ1) is 6.58. The lowest BCUT2D eigenvalue weighted by molar-refractivity contribution is -0.118. The zero-order chi connectivity index (χ0) is 7.84. The molecule has 0 aromatic carbocycles. The lowest BCUT2D eigenvalue weighted by Gasteiger charge is -2.08. The van der Waals surface area contributed by atoms with Crippen molar-refractivity contribution in [1.29, 1.82) is 0 Å². The highest BCUT2D eigenvalue weighted by atomic mass is 16.1. The Hall–Kier alpha value is -1.12. The van der Waals surface area contributed by atoms with Gasteiger partial charge >= 0.3 is 0 Å². The first-order chi connectivity index (χ1) is 5.27. The van der Waals surface area contributed by atoms with Crippen LogP contribution in [0.15, 0.2) is 0 Å². The second kappa shape index (κ2) is 2.19. The van der Waals surface area contributed by atoms with E-state index in [0.29, 0.717) is 18.6 Å². The number of ketones is 1. The number of hydrogen-bond acceptors (Lipinski definition) is 2. The Balaban J connectivity index is 2.45. The summed E-state index contributed by atoms with van der Waals surface area (Å²) in [5.41, 5.74) is 3.26. The molecule has 3 heteroatoms. The van der Waals surface area contributed by atoms with Crippen LogP contribution in [0.4, 0.5) is 0 Å². The van der Waals surface area contributed by atoms with E-state index in [4.69, 9.17) is 0 Å². The average Bonchev–Trinajstić information content (AvgIpc) is 2.33. The van der Waals surface area contributed by atoms with E-state index >= 15 is 0 Å². The van der Waals surface area contributed by atoms with Crippen LogP contribution in [0.2, 0.25) is 0 Å². The van der Waals surface area contributed by atoms with Gasteiger partial charge in [-0.25, -0.2) is 0 Å². The van der Waals surface area contributed by atoms with E-state index in [-0.39, 0.29) is 0 Å². The number of H-pyrrole nitrogens is 1. The number of nitrogens with zero attached hydrogens (tertiary/aromatic N) is 1. The van der Waals surface area contributed by atoms with Gasteiger partial charge in [0.2, 0.25) is 0 Å². The summed E-state index contributed by atoms with van der Waals surface area (Å²) in [6.07, 6.45) is 2.06. The van der Waals surface area contributed by atoms with Gasteiger partial charge in [-0.3, -0.25) is 9.89 Å². The molecule has 1 aromatic rings. The van der Waals surface area contributed by atoms with Crippen LogP contribution < -0.4 is 0 Å². The SMILES string of the molecule is Cc1[nH]nc2c1CC(=O)CC2. The summed E-state index contributed by atoms with van der Waals surface area (Å²) in [6, 6.07) is 0. The molecule has 0 saturated carbocycles. The van der Waals surface area contributed by atoms with Crippen LogP contribution in [0.25, 0.3) is 0 Å². The second-order valence-corrected chi connectivity index (χ2v) is 2.99. The fourth-order valence-electron chi connectivity index (χ4n) is 1.49. The van der Waals surface area contributed by atoms with E-state index in [9.17, 15) is 4.79 Å². The number of fused-ring (bicyclic) bond motifs is 1. The van der Waals surface area contributed by atoms with Gasteiger partial charge in [0.15, 0.2) is 0 Å². The van der Waals surface area contributed by atoms with Crippen LogP contribution in [0.1, 0.15) is 23.4 Å². The molecule has 2 rings (SSSR count). The molecule has 0 saturated heterocycles. The van der Waals surface area contributed by atoms with Crippen molar-refractivity contribution in [3.63, 3.8) is 0 Å². The summed E-state index contributed by atoms with van der Waals surface area (Å²) in [4.78, 5) is 11.0. The normalized spacial score (nSPS) is 16.6. The standard InChI is InChI=1S/C8H10N2O/c1-5-7-4-6(11)2-3-8(7)10-9-5/h2-4H2,1H3,(H,9,10). The number of carbonyl (C=O) groups excluding carboxylic acids is 1. The van der Waals surface area contributed by atoms with Crippen LogP contribution in [-0.4, -0.2) is 16.0 Å². The van der Waals surface area contributed by atoms with Gasteiger partial charge in [0, 0.05) is 24.1 Å². The van der Waals surface area contributed by atoms with Gasteiger partial charge in [0.05, 0.1) is 5.69 Å². The van der Waals surface area contributed by atoms with Gasteiger partial charge in [-0.1, -0.05) is 0 Å². The molecule has 0 radical (unpaired) electrons. The molecule has 0 amide bonds. The van der Waals surface area contributed by atoms with Gasteiger partial charge < -0.3 is 0 Å². The van der Waals surface area contributed by atoms with Crippen molar-refractivity contribution < 1.29 is 4.79 Å². The van der Waals surface area contributed by atoms with Crippen LogP contribution in [-0.2, 0) is 17.6 Å². The Morgan fingerprint density at radius 3 is 3.09 bits per heavy atom. The molecule has 0 fully saturated rings. The van der Waals surface area contributed by atoms with E-state index in [2.05, 4.69) is 10.2 Å². The van der Waals surface area contributed by atoms with Gasteiger partial charge in [-0.15, -0.1) is 0 Å². The minimum absolute atomic E-state index is 0.335. The fourth-order valence-corrected chi connectivity index (χ4v) is 1.49. The number of hydrogen-bond donors (Lipinski definition) is 1. The number of nitrogens with one attached hydrogen (secondary N) is 1. The molecule has 1 N–H and O–H groups in total. The van der Waals surface area contributed by atoms with Gasteiger partial charge in [-0.2, -0.15) is 5.10 Å². The molecule has 0 atom stereocenters. The van der Waals surface area contributed by atoms with Gasteiger partial charge in [0.1, 0.15) is 5.78 Å². The summed E-state index contributed by atoms with van der Waals surface area (Å²) in [5.74, 6) is 0.335. The maximum atomic E-state index is 11.0. The minimum atomic E-state index is 0.335. The number of rotatable bonds is 0. The van der Waals surface area contributed by atoms with E-state index in [1.807, 2.05) is 6.92 Å². The van der Waals surface area contributed by atoms with Crippen molar-refractivity contribution in [3.05, 3.63) is 17.0 Å². The highest BCUT2D eigenvalue weighted by molar-refractivity contribution is 5.83. The van der Waals surface area contributed by atoms with Crippen molar-refractivity contribution in [1.82, 2.24) is 10.2 Å². The smallest absolute Gasteiger partial charge is 0.137 e. The third-order valence-electron chi connectivity index (χ3n) is 2.17. The van der Waals surface area contributed by atoms with Crippen LogP contribution in [0.5, 0.6) is 0 Å². The molecule has 0 bridgehead atoms. The maximum absolute atomic E-state index is 11.0. The number of aromatic amines is 1. The zero-order valence-electron chi connectivity index (χ0n) is 6.48. The Bertz CT molecular complexity index is 301. The third-order valence-corrected chi connectivity index (χ3v) is 2.17. The molecule has 1 heterocycles. The first-order valence-electron chi connectivity index (χ1n) is 3.82. The highest BCUT2D eigenvalue weighted by Crippen LogP contribution is 2.18. The topological polar surface area (TPSA) is 45.8 Å². The Morgan fingerprint density at radius 1 is 1.45 bits per heavy atom. The molecule has 0 spiro atoms. The molecular formula is C8H10N2O. The molecule has 3 nitrogen and oxygen atoms in total. The van der Waals surface area contributed by atoms with Crippen LogP contribution >= 0.6 is 0 Å². The number of aryl methyl sites for hydroxylation is 2. The molecule has 1 aromatic heterocycles. The van der Waals surface area contributed by atoms with Crippen molar-refractivity contribution >= 4 is 5.78 Å². The first-order valence-corrected chi connectivity index (χ1v) is 3.82. The van der Waals surface area contributed by atoms with Crippen molar-refractivity contribution in [2.75, 3.05) is 0 Å². The molecule has 11 heavy (non-hydrogen) atoms. The Kier molecular flexibility index (Phi) is 1.31. The summed E-state index contributed by atoms with van der Waals surface area (Å²) in [5, 5.41) is 7.01. The number of carbonyl (C=O) groups is 1. The fraction of sp³-hybridized carbons (Fsp3) is 0.500. The number of aromatic nitrogens is 2. The van der Waals surface area contributed by atoms with E-state index < -0.39 is 0 Å².